The number of nitrogens with zero attached hydrogens (tertiary/aromatic N) is 2. The Hall–Kier alpha value is -2.07. The molecular weight excluding hydrogens is 449 g/mol. The Bertz CT molecular complexity index is 1200. The van der Waals surface area contributed by atoms with Gasteiger partial charge in [-0.15, -0.1) is 0 Å². The van der Waals surface area contributed by atoms with E-state index < -0.39 is 15.8 Å². The van der Waals surface area contributed by atoms with Crippen molar-refractivity contribution < 1.29 is 17.6 Å². The molecule has 4 rings (SSSR count). The van der Waals surface area contributed by atoms with Crippen molar-refractivity contribution in [3.8, 4) is 0 Å². The highest BCUT2D eigenvalue weighted by molar-refractivity contribution is 7.89. The number of benzene rings is 2. The molecule has 1 amide bonds. The predicted octanol–water partition coefficient (Wildman–Crippen LogP) is 4.44. The van der Waals surface area contributed by atoms with Gasteiger partial charge in [0.2, 0.25) is 15.9 Å². The molecule has 0 atom stereocenters. The zero-order valence-electron chi connectivity index (χ0n) is 16.1. The lowest BCUT2D eigenvalue weighted by atomic mass is 9.97. The molecule has 1 aliphatic rings. The first-order chi connectivity index (χ1) is 14.3. The molecule has 6 nitrogen and oxygen atoms in total. The Morgan fingerprint density at radius 1 is 1.20 bits per heavy atom. The Morgan fingerprint density at radius 3 is 2.53 bits per heavy atom. The number of nitrogens with one attached hydrogen (secondary N) is 1. The molecule has 0 aliphatic carbocycles. The maximum atomic E-state index is 13.1. The smallest absolute Gasteiger partial charge is 0.243 e. The van der Waals surface area contributed by atoms with Gasteiger partial charge in [-0.3, -0.25) is 4.79 Å². The molecule has 30 heavy (non-hydrogen) atoms. The van der Waals surface area contributed by atoms with Crippen LogP contribution in [0.2, 0.25) is 5.02 Å². The third-order valence-electron chi connectivity index (χ3n) is 5.25. The summed E-state index contributed by atoms with van der Waals surface area (Å²) in [7, 11) is -3.70. The van der Waals surface area contributed by atoms with E-state index in [0.717, 1.165) is 27.9 Å². The molecule has 1 N–H and O–H groups in total. The van der Waals surface area contributed by atoms with Crippen molar-refractivity contribution in [3.63, 3.8) is 0 Å². The number of amides is 1. The quantitative estimate of drug-likeness (QED) is 0.615. The summed E-state index contributed by atoms with van der Waals surface area (Å²) in [5.41, 5.74) is 1.63. The van der Waals surface area contributed by atoms with Crippen LogP contribution in [0.25, 0.3) is 10.2 Å². The molecule has 1 fully saturated rings. The molecule has 1 aromatic heterocycles. The molecule has 0 radical (unpaired) electrons. The SMILES string of the molecule is Cc1c(Cl)ccc2sc(NC(=O)C3CCN(S(=O)(=O)c4ccc(F)cc4)CC3)nc12. The average molecular weight is 468 g/mol. The van der Waals surface area contributed by atoms with Crippen molar-refractivity contribution in [2.75, 3.05) is 18.4 Å². The number of carbonyl (C=O) groups excluding carboxylic acids is 1. The fourth-order valence-corrected chi connectivity index (χ4v) is 6.03. The van der Waals surface area contributed by atoms with Crippen LogP contribution in [0.1, 0.15) is 18.4 Å². The van der Waals surface area contributed by atoms with Crippen LogP contribution in [-0.2, 0) is 14.8 Å². The van der Waals surface area contributed by atoms with Gasteiger partial charge in [-0.2, -0.15) is 4.31 Å². The van der Waals surface area contributed by atoms with E-state index in [1.807, 2.05) is 13.0 Å². The van der Waals surface area contributed by atoms with Crippen LogP contribution < -0.4 is 5.32 Å². The summed E-state index contributed by atoms with van der Waals surface area (Å²) in [6.45, 7) is 2.34. The first kappa shape index (κ1) is 21.2. The van der Waals surface area contributed by atoms with Gasteiger partial charge in [0.05, 0.1) is 15.1 Å². The van der Waals surface area contributed by atoms with Gasteiger partial charge in [0.25, 0.3) is 0 Å². The number of halogens is 2. The van der Waals surface area contributed by atoms with Crippen molar-refractivity contribution in [2.24, 2.45) is 5.92 Å². The second-order valence-electron chi connectivity index (χ2n) is 7.16. The summed E-state index contributed by atoms with van der Waals surface area (Å²) in [6, 6.07) is 8.44. The van der Waals surface area contributed by atoms with Crippen molar-refractivity contribution >= 4 is 54.2 Å². The number of hydrogen-bond donors (Lipinski definition) is 1. The molecular formula is C20H19ClFN3O3S2. The summed E-state index contributed by atoms with van der Waals surface area (Å²) >= 11 is 7.51. The number of piperidine rings is 1. The third-order valence-corrected chi connectivity index (χ3v) is 8.51. The van der Waals surface area contributed by atoms with Crippen molar-refractivity contribution in [3.05, 3.63) is 52.8 Å². The lowest BCUT2D eigenvalue weighted by Gasteiger charge is -2.30. The molecule has 2 heterocycles. The van der Waals surface area contributed by atoms with Crippen LogP contribution in [0, 0.1) is 18.7 Å². The molecule has 158 valence electrons. The number of carbonyl (C=O) groups is 1. The second kappa shape index (κ2) is 8.22. The summed E-state index contributed by atoms with van der Waals surface area (Å²) in [5, 5.41) is 3.98. The van der Waals surface area contributed by atoms with Crippen LogP contribution in [0.5, 0.6) is 0 Å². The number of fused-ring (bicyclic) bond motifs is 1. The monoisotopic (exact) mass is 467 g/mol. The Labute approximate surface area is 182 Å². The summed E-state index contributed by atoms with van der Waals surface area (Å²) < 4.78 is 40.8. The standard InChI is InChI=1S/C20H19ClFN3O3S2/c1-12-16(21)6-7-17-18(12)23-20(29-17)24-19(26)13-8-10-25(11-9-13)30(27,28)15-4-2-14(22)3-5-15/h2-7,13H,8-11H2,1H3,(H,23,24,26). The normalized spacial score (nSPS) is 16.1. The van der Waals surface area contributed by atoms with E-state index in [4.69, 9.17) is 11.6 Å². The number of aromatic nitrogens is 1. The number of thiazole rings is 1. The number of aryl methyl sites for hydroxylation is 1. The Balaban J connectivity index is 1.41. The zero-order valence-corrected chi connectivity index (χ0v) is 18.5. The van der Waals surface area contributed by atoms with E-state index in [1.165, 1.54) is 27.8 Å². The van der Waals surface area contributed by atoms with E-state index in [0.29, 0.717) is 23.0 Å². The van der Waals surface area contributed by atoms with Crippen LogP contribution in [0.3, 0.4) is 0 Å². The topological polar surface area (TPSA) is 79.4 Å². The predicted molar refractivity (Wildman–Crippen MR) is 116 cm³/mol. The van der Waals surface area contributed by atoms with E-state index in [1.54, 1.807) is 6.07 Å². The first-order valence-electron chi connectivity index (χ1n) is 9.38. The largest absolute Gasteiger partial charge is 0.302 e. The van der Waals surface area contributed by atoms with Crippen molar-refractivity contribution in [1.82, 2.24) is 9.29 Å². The number of rotatable bonds is 4. The van der Waals surface area contributed by atoms with Gasteiger partial charge in [0, 0.05) is 24.0 Å². The van der Waals surface area contributed by atoms with Crippen LogP contribution in [0.4, 0.5) is 9.52 Å². The van der Waals surface area contributed by atoms with Crippen LogP contribution >= 0.6 is 22.9 Å². The molecule has 0 saturated carbocycles. The van der Waals surface area contributed by atoms with E-state index in [9.17, 15) is 17.6 Å². The minimum atomic E-state index is -3.70. The fourth-order valence-electron chi connectivity index (χ4n) is 3.48. The molecule has 0 unspecified atom stereocenters. The zero-order chi connectivity index (χ0) is 21.5. The van der Waals surface area contributed by atoms with Gasteiger partial charge in [0.1, 0.15) is 5.82 Å². The fraction of sp³-hybridized carbons (Fsp3) is 0.300. The minimum absolute atomic E-state index is 0.0512. The maximum Gasteiger partial charge on any atom is 0.243 e. The highest BCUT2D eigenvalue weighted by atomic mass is 35.5. The Morgan fingerprint density at radius 2 is 1.87 bits per heavy atom. The van der Waals surface area contributed by atoms with Gasteiger partial charge in [-0.25, -0.2) is 17.8 Å². The Kier molecular flexibility index (Phi) is 5.80. The summed E-state index contributed by atoms with van der Waals surface area (Å²) in [5.74, 6) is -0.963. The molecule has 0 bridgehead atoms. The third kappa shape index (κ3) is 4.07. The van der Waals surface area contributed by atoms with E-state index in [2.05, 4.69) is 10.3 Å². The van der Waals surface area contributed by atoms with Crippen molar-refractivity contribution in [2.45, 2.75) is 24.7 Å². The van der Waals surface area contributed by atoms with Crippen molar-refractivity contribution in [1.29, 1.82) is 0 Å². The number of hydrogen-bond acceptors (Lipinski definition) is 5. The molecule has 1 aliphatic heterocycles. The van der Waals surface area contributed by atoms with Gasteiger partial charge >= 0.3 is 0 Å². The molecule has 1 saturated heterocycles. The molecule has 0 spiro atoms. The lowest BCUT2D eigenvalue weighted by Crippen LogP contribution is -2.41. The molecule has 2 aromatic carbocycles. The van der Waals surface area contributed by atoms with Gasteiger partial charge < -0.3 is 5.32 Å². The van der Waals surface area contributed by atoms with E-state index >= 15 is 0 Å². The number of anilines is 1. The maximum absolute atomic E-state index is 13.1. The van der Waals surface area contributed by atoms with Crippen LogP contribution in [-0.4, -0.2) is 36.7 Å². The van der Waals surface area contributed by atoms with Gasteiger partial charge in [0.15, 0.2) is 5.13 Å². The highest BCUT2D eigenvalue weighted by Gasteiger charge is 2.32. The number of sulfonamides is 1. The van der Waals surface area contributed by atoms with E-state index in [-0.39, 0.29) is 29.8 Å². The summed E-state index contributed by atoms with van der Waals surface area (Å²) in [6.07, 6.45) is 0.810. The molecule has 3 aromatic rings. The lowest BCUT2D eigenvalue weighted by molar-refractivity contribution is -0.120. The summed E-state index contributed by atoms with van der Waals surface area (Å²) in [4.78, 5) is 17.2. The highest BCUT2D eigenvalue weighted by Crippen LogP contribution is 2.32. The van der Waals surface area contributed by atoms with Gasteiger partial charge in [-0.05, 0) is 61.7 Å². The molecule has 10 heteroatoms. The van der Waals surface area contributed by atoms with Crippen LogP contribution in [0.15, 0.2) is 41.3 Å². The average Bonchev–Trinajstić information content (AvgIpc) is 3.14. The van der Waals surface area contributed by atoms with Gasteiger partial charge in [-0.1, -0.05) is 22.9 Å². The second-order valence-corrected chi connectivity index (χ2v) is 10.5. The minimum Gasteiger partial charge on any atom is -0.302 e. The first-order valence-corrected chi connectivity index (χ1v) is 12.0.